The number of hydrogen-bond acceptors (Lipinski definition) is 5. The molecular formula is C19H21NO5. The summed E-state index contributed by atoms with van der Waals surface area (Å²) in [6.07, 6.45) is 3.60. The second kappa shape index (κ2) is 8.86. The minimum Gasteiger partial charge on any atom is -0.504 e. The van der Waals surface area contributed by atoms with Crippen LogP contribution in [0.5, 0.6) is 11.5 Å². The van der Waals surface area contributed by atoms with E-state index >= 15 is 0 Å². The zero-order valence-electron chi connectivity index (χ0n) is 13.7. The van der Waals surface area contributed by atoms with E-state index in [1.807, 2.05) is 6.08 Å². The molecule has 2 rings (SSSR count). The van der Waals surface area contributed by atoms with Crippen molar-refractivity contribution in [1.82, 2.24) is 4.90 Å². The van der Waals surface area contributed by atoms with Gasteiger partial charge in [-0.25, -0.2) is 0 Å². The van der Waals surface area contributed by atoms with Crippen molar-refractivity contribution < 1.29 is 25.2 Å². The Labute approximate surface area is 145 Å². The second-order valence-electron chi connectivity index (χ2n) is 5.44. The Kier molecular flexibility index (Phi) is 6.56. The lowest BCUT2D eigenvalue weighted by Crippen LogP contribution is -2.35. The SMILES string of the molecule is O=C(c1ccc(C=Cc2ccc(O)c(O)c2)cc1)N(CCO)CCO. The van der Waals surface area contributed by atoms with Crippen LogP contribution in [0.1, 0.15) is 21.5 Å². The molecule has 4 N–H and O–H groups in total. The quantitative estimate of drug-likeness (QED) is 0.453. The van der Waals surface area contributed by atoms with E-state index in [4.69, 9.17) is 10.2 Å². The molecule has 0 heterocycles. The minimum absolute atomic E-state index is 0.161. The van der Waals surface area contributed by atoms with Gasteiger partial charge in [0.1, 0.15) is 0 Å². The average Bonchev–Trinajstić information content (AvgIpc) is 2.62. The molecule has 0 aromatic heterocycles. The Morgan fingerprint density at radius 2 is 1.40 bits per heavy atom. The number of hydrogen-bond donors (Lipinski definition) is 4. The average molecular weight is 343 g/mol. The van der Waals surface area contributed by atoms with Gasteiger partial charge in [0.05, 0.1) is 13.2 Å². The van der Waals surface area contributed by atoms with Gasteiger partial charge in [-0.1, -0.05) is 30.4 Å². The molecule has 0 aliphatic heterocycles. The first kappa shape index (κ1) is 18.5. The van der Waals surface area contributed by atoms with Crippen LogP contribution in [0.4, 0.5) is 0 Å². The van der Waals surface area contributed by atoms with Crippen molar-refractivity contribution in [3.8, 4) is 11.5 Å². The maximum Gasteiger partial charge on any atom is 0.254 e. The molecule has 0 aliphatic rings. The molecular weight excluding hydrogens is 322 g/mol. The van der Waals surface area contributed by atoms with Gasteiger partial charge in [-0.2, -0.15) is 0 Å². The highest BCUT2D eigenvalue weighted by Crippen LogP contribution is 2.25. The summed E-state index contributed by atoms with van der Waals surface area (Å²) in [4.78, 5) is 13.7. The monoisotopic (exact) mass is 343 g/mol. The predicted molar refractivity (Wildman–Crippen MR) is 95.2 cm³/mol. The number of carbonyl (C=O) groups is 1. The molecule has 0 saturated heterocycles. The smallest absolute Gasteiger partial charge is 0.254 e. The summed E-state index contributed by atoms with van der Waals surface area (Å²) < 4.78 is 0. The summed E-state index contributed by atoms with van der Waals surface area (Å²) in [6.45, 7) is 0.0227. The highest BCUT2D eigenvalue weighted by molar-refractivity contribution is 5.94. The molecule has 0 spiro atoms. The number of carbonyl (C=O) groups excluding carboxylic acids is 1. The molecule has 1 amide bonds. The van der Waals surface area contributed by atoms with Crippen molar-refractivity contribution >= 4 is 18.1 Å². The lowest BCUT2D eigenvalue weighted by molar-refractivity contribution is 0.0685. The van der Waals surface area contributed by atoms with Gasteiger partial charge >= 0.3 is 0 Å². The number of phenolic OH excluding ortho intramolecular Hbond substituents is 2. The molecule has 0 atom stereocenters. The van der Waals surface area contributed by atoms with Gasteiger partial charge in [0.15, 0.2) is 11.5 Å². The summed E-state index contributed by atoms with van der Waals surface area (Å²) in [5.74, 6) is -0.603. The fraction of sp³-hybridized carbons (Fsp3) is 0.211. The van der Waals surface area contributed by atoms with Crippen molar-refractivity contribution in [2.24, 2.45) is 0 Å². The summed E-state index contributed by atoms with van der Waals surface area (Å²) in [5.41, 5.74) is 2.06. The molecule has 2 aromatic carbocycles. The number of aliphatic hydroxyl groups excluding tert-OH is 2. The highest BCUT2D eigenvalue weighted by Gasteiger charge is 2.14. The summed E-state index contributed by atoms with van der Waals surface area (Å²) in [7, 11) is 0. The van der Waals surface area contributed by atoms with Crippen LogP contribution in [0, 0.1) is 0 Å². The first-order valence-electron chi connectivity index (χ1n) is 7.86. The van der Waals surface area contributed by atoms with E-state index in [9.17, 15) is 15.0 Å². The summed E-state index contributed by atoms with van der Waals surface area (Å²) in [6, 6.07) is 11.4. The van der Waals surface area contributed by atoms with Crippen LogP contribution in [0.2, 0.25) is 0 Å². The standard InChI is InChI=1S/C19H21NO5/c21-11-9-20(10-12-22)19(25)16-6-3-14(4-7-16)1-2-15-5-8-17(23)18(24)13-15/h1-8,13,21-24H,9-12H2. The number of benzene rings is 2. The molecule has 2 aromatic rings. The van der Waals surface area contributed by atoms with Gasteiger partial charge in [-0.05, 0) is 35.4 Å². The first-order chi connectivity index (χ1) is 12.0. The Hall–Kier alpha value is -2.83. The van der Waals surface area contributed by atoms with Gasteiger partial charge in [0.25, 0.3) is 5.91 Å². The zero-order chi connectivity index (χ0) is 18.2. The number of nitrogens with zero attached hydrogens (tertiary/aromatic N) is 1. The minimum atomic E-state index is -0.248. The number of phenols is 2. The molecule has 25 heavy (non-hydrogen) atoms. The van der Waals surface area contributed by atoms with Crippen LogP contribution in [0.25, 0.3) is 12.2 Å². The normalized spacial score (nSPS) is 11.0. The van der Waals surface area contributed by atoms with Gasteiger partial charge in [-0.15, -0.1) is 0 Å². The molecule has 132 valence electrons. The van der Waals surface area contributed by atoms with E-state index in [1.165, 1.54) is 17.0 Å². The number of amides is 1. The summed E-state index contributed by atoms with van der Waals surface area (Å²) >= 11 is 0. The topological polar surface area (TPSA) is 101 Å². The Morgan fingerprint density at radius 1 is 0.840 bits per heavy atom. The maximum atomic E-state index is 12.3. The van der Waals surface area contributed by atoms with E-state index in [-0.39, 0.29) is 43.7 Å². The molecule has 0 bridgehead atoms. The number of aromatic hydroxyl groups is 2. The molecule has 0 fully saturated rings. The first-order valence-corrected chi connectivity index (χ1v) is 7.86. The lowest BCUT2D eigenvalue weighted by atomic mass is 10.1. The van der Waals surface area contributed by atoms with Gasteiger partial charge < -0.3 is 25.3 Å². The fourth-order valence-electron chi connectivity index (χ4n) is 2.31. The molecule has 0 radical (unpaired) electrons. The van der Waals surface area contributed by atoms with E-state index in [0.717, 1.165) is 11.1 Å². The van der Waals surface area contributed by atoms with Crippen molar-refractivity contribution in [3.63, 3.8) is 0 Å². The summed E-state index contributed by atoms with van der Waals surface area (Å²) in [5, 5.41) is 36.8. The molecule has 0 aliphatic carbocycles. The van der Waals surface area contributed by atoms with Crippen molar-refractivity contribution in [3.05, 3.63) is 59.2 Å². The van der Waals surface area contributed by atoms with Crippen LogP contribution >= 0.6 is 0 Å². The molecule has 6 heteroatoms. The van der Waals surface area contributed by atoms with E-state index in [2.05, 4.69) is 0 Å². The van der Waals surface area contributed by atoms with E-state index in [1.54, 1.807) is 36.4 Å². The molecule has 0 unspecified atom stereocenters. The Morgan fingerprint density at radius 3 is 1.96 bits per heavy atom. The van der Waals surface area contributed by atoms with E-state index in [0.29, 0.717) is 5.56 Å². The predicted octanol–water partition coefficient (Wildman–Crippen LogP) is 1.69. The number of aliphatic hydroxyl groups is 2. The van der Waals surface area contributed by atoms with Crippen LogP contribution in [0.15, 0.2) is 42.5 Å². The largest absolute Gasteiger partial charge is 0.504 e. The van der Waals surface area contributed by atoms with Crippen LogP contribution in [0.3, 0.4) is 0 Å². The van der Waals surface area contributed by atoms with Crippen molar-refractivity contribution in [1.29, 1.82) is 0 Å². The van der Waals surface area contributed by atoms with Crippen LogP contribution in [-0.4, -0.2) is 57.5 Å². The van der Waals surface area contributed by atoms with Crippen LogP contribution in [-0.2, 0) is 0 Å². The zero-order valence-corrected chi connectivity index (χ0v) is 13.7. The maximum absolute atomic E-state index is 12.3. The van der Waals surface area contributed by atoms with Gasteiger partial charge in [-0.3, -0.25) is 4.79 Å². The third kappa shape index (κ3) is 5.07. The highest BCUT2D eigenvalue weighted by atomic mass is 16.3. The van der Waals surface area contributed by atoms with Crippen molar-refractivity contribution in [2.45, 2.75) is 0 Å². The lowest BCUT2D eigenvalue weighted by Gasteiger charge is -2.20. The molecule has 6 nitrogen and oxygen atoms in total. The Bertz CT molecular complexity index is 734. The Balaban J connectivity index is 2.09. The van der Waals surface area contributed by atoms with Gasteiger partial charge in [0.2, 0.25) is 0 Å². The van der Waals surface area contributed by atoms with Crippen molar-refractivity contribution in [2.75, 3.05) is 26.3 Å². The van der Waals surface area contributed by atoms with Gasteiger partial charge in [0, 0.05) is 18.7 Å². The third-order valence-corrected chi connectivity index (χ3v) is 3.65. The number of rotatable bonds is 7. The third-order valence-electron chi connectivity index (χ3n) is 3.65. The van der Waals surface area contributed by atoms with E-state index < -0.39 is 0 Å². The second-order valence-corrected chi connectivity index (χ2v) is 5.44. The fourth-order valence-corrected chi connectivity index (χ4v) is 2.31. The van der Waals surface area contributed by atoms with Crippen LogP contribution < -0.4 is 0 Å². The molecule has 0 saturated carbocycles.